The van der Waals surface area contributed by atoms with Crippen molar-refractivity contribution in [1.29, 1.82) is 0 Å². The van der Waals surface area contributed by atoms with Gasteiger partial charge in [-0.25, -0.2) is 14.8 Å². The van der Waals surface area contributed by atoms with Crippen molar-refractivity contribution in [3.63, 3.8) is 0 Å². The molecule has 0 saturated heterocycles. The molecule has 0 bridgehead atoms. The van der Waals surface area contributed by atoms with E-state index in [0.29, 0.717) is 29.7 Å². The van der Waals surface area contributed by atoms with Gasteiger partial charge in [-0.1, -0.05) is 0 Å². The van der Waals surface area contributed by atoms with Crippen LogP contribution in [0.2, 0.25) is 0 Å². The Hall–Kier alpha value is -2.42. The molecule has 0 fully saturated rings. The number of carbonyl (C=O) groups excluding carboxylic acids is 1. The van der Waals surface area contributed by atoms with E-state index in [1.165, 1.54) is 11.3 Å². The summed E-state index contributed by atoms with van der Waals surface area (Å²) in [4.78, 5) is 21.8. The van der Waals surface area contributed by atoms with Crippen LogP contribution < -0.4 is 10.6 Å². The van der Waals surface area contributed by atoms with Gasteiger partial charge in [-0.05, 0) is 41.5 Å². The van der Waals surface area contributed by atoms with Crippen molar-refractivity contribution in [2.45, 2.75) is 54.1 Å². The second kappa shape index (κ2) is 9.68. The van der Waals surface area contributed by atoms with Gasteiger partial charge in [-0.3, -0.25) is 4.68 Å². The quantitative estimate of drug-likeness (QED) is 0.417. The molecular weight excluding hydrogens is 376 g/mol. The number of guanidine groups is 1. The normalized spacial score (nSPS) is 12.8. The molecule has 0 aliphatic heterocycles. The molecule has 0 aliphatic carbocycles. The van der Waals surface area contributed by atoms with Crippen molar-refractivity contribution in [2.75, 3.05) is 13.2 Å². The fourth-order valence-electron chi connectivity index (χ4n) is 2.78. The molecule has 8 nitrogen and oxygen atoms in total. The molecule has 2 rings (SSSR count). The second-order valence-electron chi connectivity index (χ2n) is 6.52. The second-order valence-corrected chi connectivity index (χ2v) is 7.55. The number of rotatable bonds is 7. The Labute approximate surface area is 170 Å². The average Bonchev–Trinajstić information content (AvgIpc) is 3.14. The SMILES string of the molecule is CCNC(=NCc1c(C)nn(C)c1C)NC(C)c1nc(C)c(C(=O)OCC)s1. The molecule has 1 atom stereocenters. The summed E-state index contributed by atoms with van der Waals surface area (Å²) in [6.07, 6.45) is 0. The van der Waals surface area contributed by atoms with Crippen LogP contribution in [-0.4, -0.2) is 39.8 Å². The maximum absolute atomic E-state index is 12.0. The largest absolute Gasteiger partial charge is 0.462 e. The lowest BCUT2D eigenvalue weighted by Crippen LogP contribution is -2.38. The highest BCUT2D eigenvalue weighted by Gasteiger charge is 2.20. The summed E-state index contributed by atoms with van der Waals surface area (Å²) >= 11 is 1.35. The molecule has 2 heterocycles. The lowest BCUT2D eigenvalue weighted by Gasteiger charge is -2.16. The van der Waals surface area contributed by atoms with Crippen LogP contribution in [0.4, 0.5) is 0 Å². The first-order chi connectivity index (χ1) is 13.3. The summed E-state index contributed by atoms with van der Waals surface area (Å²) < 4.78 is 6.97. The standard InChI is InChI=1S/C19H30N6O2S/c1-8-20-19(21-10-15-11(3)24-25(7)14(15)6)23-13(5)17-22-12(4)16(28-17)18(26)27-9-2/h13H,8-10H2,1-7H3,(H2,20,21,23). The van der Waals surface area contributed by atoms with Crippen LogP contribution in [0, 0.1) is 20.8 Å². The van der Waals surface area contributed by atoms with Gasteiger partial charge in [0.25, 0.3) is 0 Å². The lowest BCUT2D eigenvalue weighted by molar-refractivity contribution is 0.0531. The third kappa shape index (κ3) is 5.09. The van der Waals surface area contributed by atoms with Gasteiger partial charge in [0.15, 0.2) is 5.96 Å². The number of nitrogens with one attached hydrogen (secondary N) is 2. The van der Waals surface area contributed by atoms with Gasteiger partial charge >= 0.3 is 5.97 Å². The summed E-state index contributed by atoms with van der Waals surface area (Å²) in [6, 6.07) is -0.0965. The van der Waals surface area contributed by atoms with Crippen molar-refractivity contribution in [2.24, 2.45) is 12.0 Å². The molecule has 0 amide bonds. The predicted molar refractivity (Wildman–Crippen MR) is 112 cm³/mol. The first kappa shape index (κ1) is 21.9. The minimum Gasteiger partial charge on any atom is -0.462 e. The monoisotopic (exact) mass is 406 g/mol. The van der Waals surface area contributed by atoms with E-state index in [4.69, 9.17) is 9.73 Å². The first-order valence-corrected chi connectivity index (χ1v) is 10.3. The number of aliphatic imine (C=N–C) groups is 1. The Morgan fingerprint density at radius 2 is 2.00 bits per heavy atom. The van der Waals surface area contributed by atoms with Gasteiger partial charge in [-0.15, -0.1) is 11.3 Å². The van der Waals surface area contributed by atoms with Gasteiger partial charge < -0.3 is 15.4 Å². The zero-order chi connectivity index (χ0) is 20.8. The van der Waals surface area contributed by atoms with Crippen molar-refractivity contribution in [3.05, 3.63) is 32.5 Å². The first-order valence-electron chi connectivity index (χ1n) is 9.46. The summed E-state index contributed by atoms with van der Waals surface area (Å²) in [5.41, 5.74) is 3.92. The highest BCUT2D eigenvalue weighted by Crippen LogP contribution is 2.24. The molecule has 0 saturated carbocycles. The van der Waals surface area contributed by atoms with E-state index in [-0.39, 0.29) is 12.0 Å². The van der Waals surface area contributed by atoms with Crippen LogP contribution in [0.25, 0.3) is 0 Å². The van der Waals surface area contributed by atoms with E-state index in [1.807, 2.05) is 46.3 Å². The molecule has 0 aromatic carbocycles. The molecule has 0 aliphatic rings. The fraction of sp³-hybridized carbons (Fsp3) is 0.579. The molecule has 154 valence electrons. The Morgan fingerprint density at radius 3 is 2.57 bits per heavy atom. The van der Waals surface area contributed by atoms with Crippen LogP contribution in [0.1, 0.15) is 64.1 Å². The summed E-state index contributed by atoms with van der Waals surface area (Å²) in [6.45, 7) is 13.3. The number of aromatic nitrogens is 3. The van der Waals surface area contributed by atoms with Crippen molar-refractivity contribution in [3.8, 4) is 0 Å². The number of esters is 1. The minimum atomic E-state index is -0.320. The number of carbonyl (C=O) groups is 1. The van der Waals surface area contributed by atoms with Gasteiger partial charge in [0, 0.05) is 24.8 Å². The molecule has 9 heteroatoms. The fourth-order valence-corrected chi connectivity index (χ4v) is 3.74. The third-order valence-electron chi connectivity index (χ3n) is 4.40. The predicted octanol–water partition coefficient (Wildman–Crippen LogP) is 2.79. The zero-order valence-electron chi connectivity index (χ0n) is 17.7. The number of thiazole rings is 1. The Bertz CT molecular complexity index is 855. The van der Waals surface area contributed by atoms with E-state index in [0.717, 1.165) is 28.5 Å². The van der Waals surface area contributed by atoms with Crippen molar-refractivity contribution >= 4 is 23.3 Å². The topological polar surface area (TPSA) is 93.4 Å². The van der Waals surface area contributed by atoms with Gasteiger partial charge in [0.1, 0.15) is 9.88 Å². The number of nitrogens with zero attached hydrogens (tertiary/aromatic N) is 4. The van der Waals surface area contributed by atoms with Crippen molar-refractivity contribution < 1.29 is 9.53 Å². The number of hydrogen-bond acceptors (Lipinski definition) is 6. The molecule has 2 aromatic heterocycles. The maximum atomic E-state index is 12.0. The van der Waals surface area contributed by atoms with Crippen LogP contribution in [0.15, 0.2) is 4.99 Å². The van der Waals surface area contributed by atoms with Gasteiger partial charge in [-0.2, -0.15) is 5.10 Å². The van der Waals surface area contributed by atoms with E-state index < -0.39 is 0 Å². The molecule has 28 heavy (non-hydrogen) atoms. The Kier molecular flexibility index (Phi) is 7.56. The van der Waals surface area contributed by atoms with Crippen LogP contribution >= 0.6 is 11.3 Å². The van der Waals surface area contributed by atoms with E-state index >= 15 is 0 Å². The highest BCUT2D eigenvalue weighted by molar-refractivity contribution is 7.13. The lowest BCUT2D eigenvalue weighted by atomic mass is 10.2. The molecule has 2 N–H and O–H groups in total. The van der Waals surface area contributed by atoms with E-state index in [1.54, 1.807) is 6.92 Å². The summed E-state index contributed by atoms with van der Waals surface area (Å²) in [5, 5.41) is 11.9. The van der Waals surface area contributed by atoms with Crippen molar-refractivity contribution in [1.82, 2.24) is 25.4 Å². The maximum Gasteiger partial charge on any atom is 0.350 e. The molecule has 1 unspecified atom stereocenters. The van der Waals surface area contributed by atoms with E-state index in [9.17, 15) is 4.79 Å². The average molecular weight is 407 g/mol. The highest BCUT2D eigenvalue weighted by atomic mass is 32.1. The minimum absolute atomic E-state index is 0.0965. The van der Waals surface area contributed by atoms with Gasteiger partial charge in [0.2, 0.25) is 0 Å². The Morgan fingerprint density at radius 1 is 1.29 bits per heavy atom. The Balaban J connectivity index is 2.15. The molecular formula is C19H30N6O2S. The van der Waals surface area contributed by atoms with Gasteiger partial charge in [0.05, 0.1) is 30.6 Å². The zero-order valence-corrected chi connectivity index (χ0v) is 18.5. The summed E-state index contributed by atoms with van der Waals surface area (Å²) in [5.74, 6) is 0.377. The molecule has 0 spiro atoms. The summed E-state index contributed by atoms with van der Waals surface area (Å²) in [7, 11) is 1.94. The smallest absolute Gasteiger partial charge is 0.350 e. The number of hydrogen-bond donors (Lipinski definition) is 2. The number of aryl methyl sites for hydroxylation is 3. The third-order valence-corrected chi connectivity index (χ3v) is 5.72. The van der Waals surface area contributed by atoms with Crippen LogP contribution in [0.5, 0.6) is 0 Å². The van der Waals surface area contributed by atoms with E-state index in [2.05, 4.69) is 20.7 Å². The van der Waals surface area contributed by atoms with Crippen LogP contribution in [0.3, 0.4) is 0 Å². The van der Waals surface area contributed by atoms with Crippen LogP contribution in [-0.2, 0) is 18.3 Å². The molecule has 2 aromatic rings. The number of ether oxygens (including phenoxy) is 1. The molecule has 0 radical (unpaired) electrons.